The molecule has 1 heterocycles. The molecule has 32 heavy (non-hydrogen) atoms. The molecule has 0 bridgehead atoms. The molecule has 3 rings (SSSR count). The second-order valence-corrected chi connectivity index (χ2v) is 9.53. The first kappa shape index (κ1) is 26.1. The SMILES string of the molecule is CCC(CS(=O)(=O)c1ccccc1)NC(=NC)NCCCn1c(C)nc2ccccc21.I. The van der Waals surface area contributed by atoms with E-state index in [-0.39, 0.29) is 35.8 Å². The van der Waals surface area contributed by atoms with Gasteiger partial charge in [0, 0.05) is 26.2 Å². The summed E-state index contributed by atoms with van der Waals surface area (Å²) >= 11 is 0. The van der Waals surface area contributed by atoms with E-state index >= 15 is 0 Å². The number of hydrogen-bond donors (Lipinski definition) is 2. The third-order valence-electron chi connectivity index (χ3n) is 5.28. The Bertz CT molecular complexity index is 1130. The Morgan fingerprint density at radius 3 is 2.50 bits per heavy atom. The number of benzene rings is 2. The molecule has 2 N–H and O–H groups in total. The summed E-state index contributed by atoms with van der Waals surface area (Å²) < 4.78 is 27.6. The molecular formula is C23H32IN5O2S. The maximum absolute atomic E-state index is 12.7. The zero-order chi connectivity index (χ0) is 22.3. The number of para-hydroxylation sites is 2. The molecule has 0 radical (unpaired) electrons. The largest absolute Gasteiger partial charge is 0.356 e. The molecule has 0 saturated carbocycles. The second kappa shape index (κ2) is 12.2. The number of rotatable bonds is 9. The van der Waals surface area contributed by atoms with Crippen molar-refractivity contribution >= 4 is 50.8 Å². The van der Waals surface area contributed by atoms with Crippen molar-refractivity contribution in [3.63, 3.8) is 0 Å². The van der Waals surface area contributed by atoms with Crippen molar-refractivity contribution in [2.75, 3.05) is 19.3 Å². The van der Waals surface area contributed by atoms with Crippen LogP contribution in [-0.4, -0.2) is 49.3 Å². The zero-order valence-corrected chi connectivity index (χ0v) is 21.9. The van der Waals surface area contributed by atoms with Crippen LogP contribution < -0.4 is 10.6 Å². The highest BCUT2D eigenvalue weighted by atomic mass is 127. The van der Waals surface area contributed by atoms with Gasteiger partial charge in [0.05, 0.1) is 21.7 Å². The molecule has 7 nitrogen and oxygen atoms in total. The number of sulfone groups is 1. The predicted octanol–water partition coefficient (Wildman–Crippen LogP) is 3.77. The number of nitrogens with zero attached hydrogens (tertiary/aromatic N) is 3. The van der Waals surface area contributed by atoms with Gasteiger partial charge in [-0.3, -0.25) is 4.99 Å². The van der Waals surface area contributed by atoms with E-state index in [2.05, 4.69) is 31.2 Å². The number of aliphatic imine (C=N–C) groups is 1. The molecular weight excluding hydrogens is 537 g/mol. The second-order valence-electron chi connectivity index (χ2n) is 7.50. The highest BCUT2D eigenvalue weighted by Gasteiger charge is 2.20. The van der Waals surface area contributed by atoms with Gasteiger partial charge in [0.25, 0.3) is 0 Å². The Hall–Kier alpha value is -2.14. The van der Waals surface area contributed by atoms with E-state index in [0.29, 0.717) is 23.8 Å². The molecule has 0 aliphatic carbocycles. The lowest BCUT2D eigenvalue weighted by molar-refractivity contribution is 0.566. The van der Waals surface area contributed by atoms with Crippen molar-refractivity contribution in [2.45, 2.75) is 44.2 Å². The van der Waals surface area contributed by atoms with Crippen LogP contribution in [0.4, 0.5) is 0 Å². The predicted molar refractivity (Wildman–Crippen MR) is 142 cm³/mol. The maximum Gasteiger partial charge on any atom is 0.191 e. The summed E-state index contributed by atoms with van der Waals surface area (Å²) in [5.41, 5.74) is 2.15. The molecule has 1 aromatic heterocycles. The maximum atomic E-state index is 12.7. The van der Waals surface area contributed by atoms with Crippen LogP contribution in [0.1, 0.15) is 25.6 Å². The fourth-order valence-electron chi connectivity index (χ4n) is 3.56. The number of hydrogen-bond acceptors (Lipinski definition) is 4. The van der Waals surface area contributed by atoms with E-state index in [1.807, 2.05) is 38.1 Å². The minimum absolute atomic E-state index is 0. The van der Waals surface area contributed by atoms with Gasteiger partial charge in [-0.15, -0.1) is 24.0 Å². The van der Waals surface area contributed by atoms with Crippen molar-refractivity contribution in [1.82, 2.24) is 20.2 Å². The van der Waals surface area contributed by atoms with E-state index < -0.39 is 9.84 Å². The summed E-state index contributed by atoms with van der Waals surface area (Å²) in [6.07, 6.45) is 1.56. The summed E-state index contributed by atoms with van der Waals surface area (Å²) in [7, 11) is -1.67. The molecule has 9 heteroatoms. The Kier molecular flexibility index (Phi) is 9.95. The van der Waals surface area contributed by atoms with Gasteiger partial charge in [-0.1, -0.05) is 37.3 Å². The Balaban J connectivity index is 0.00000363. The monoisotopic (exact) mass is 569 g/mol. The average molecular weight is 570 g/mol. The summed E-state index contributed by atoms with van der Waals surface area (Å²) in [6.45, 7) is 5.55. The first-order valence-corrected chi connectivity index (χ1v) is 12.3. The number of aromatic nitrogens is 2. The van der Waals surface area contributed by atoms with Gasteiger partial charge in [-0.2, -0.15) is 0 Å². The minimum Gasteiger partial charge on any atom is -0.356 e. The number of fused-ring (bicyclic) bond motifs is 1. The van der Waals surface area contributed by atoms with Crippen molar-refractivity contribution in [3.8, 4) is 0 Å². The number of halogens is 1. The van der Waals surface area contributed by atoms with E-state index in [1.165, 1.54) is 0 Å². The third-order valence-corrected chi connectivity index (χ3v) is 7.11. The highest BCUT2D eigenvalue weighted by molar-refractivity contribution is 14.0. The average Bonchev–Trinajstić information content (AvgIpc) is 3.10. The van der Waals surface area contributed by atoms with Gasteiger partial charge < -0.3 is 15.2 Å². The number of imidazole rings is 1. The molecule has 1 atom stereocenters. The third kappa shape index (κ3) is 6.68. The fourth-order valence-corrected chi connectivity index (χ4v) is 5.17. The Morgan fingerprint density at radius 2 is 1.81 bits per heavy atom. The van der Waals surface area contributed by atoms with Crippen molar-refractivity contribution in [1.29, 1.82) is 0 Å². The number of nitrogens with one attached hydrogen (secondary N) is 2. The first-order valence-electron chi connectivity index (χ1n) is 10.6. The first-order chi connectivity index (χ1) is 14.9. The van der Waals surface area contributed by atoms with Gasteiger partial charge in [-0.25, -0.2) is 13.4 Å². The van der Waals surface area contributed by atoms with Gasteiger partial charge in [0.1, 0.15) is 5.82 Å². The summed E-state index contributed by atoms with van der Waals surface area (Å²) in [5.74, 6) is 1.64. The van der Waals surface area contributed by atoms with E-state index in [1.54, 1.807) is 31.3 Å². The van der Waals surface area contributed by atoms with Crippen LogP contribution in [0.25, 0.3) is 11.0 Å². The van der Waals surface area contributed by atoms with Crippen molar-refractivity contribution in [3.05, 3.63) is 60.4 Å². The van der Waals surface area contributed by atoms with Crippen LogP contribution in [0.5, 0.6) is 0 Å². The van der Waals surface area contributed by atoms with E-state index in [4.69, 9.17) is 0 Å². The number of aryl methyl sites for hydroxylation is 2. The van der Waals surface area contributed by atoms with Crippen LogP contribution in [0.2, 0.25) is 0 Å². The minimum atomic E-state index is -3.36. The Morgan fingerprint density at radius 1 is 1.12 bits per heavy atom. The molecule has 174 valence electrons. The number of guanidine groups is 1. The van der Waals surface area contributed by atoms with Crippen LogP contribution in [0.15, 0.2) is 64.5 Å². The fraction of sp³-hybridized carbons (Fsp3) is 0.391. The quantitative estimate of drug-likeness (QED) is 0.177. The normalized spacial score (nSPS) is 12.9. The van der Waals surface area contributed by atoms with Crippen LogP contribution in [0, 0.1) is 6.92 Å². The van der Waals surface area contributed by atoms with Gasteiger partial charge >= 0.3 is 0 Å². The zero-order valence-electron chi connectivity index (χ0n) is 18.8. The molecule has 0 aliphatic rings. The molecule has 0 spiro atoms. The van der Waals surface area contributed by atoms with Gasteiger partial charge in [-0.05, 0) is 44.0 Å². The molecule has 3 aromatic rings. The lowest BCUT2D eigenvalue weighted by Gasteiger charge is -2.20. The topological polar surface area (TPSA) is 88.4 Å². The van der Waals surface area contributed by atoms with Gasteiger partial charge in [0.15, 0.2) is 15.8 Å². The Labute approximate surface area is 207 Å². The lowest BCUT2D eigenvalue weighted by atomic mass is 10.2. The van der Waals surface area contributed by atoms with Gasteiger partial charge in [0.2, 0.25) is 0 Å². The van der Waals surface area contributed by atoms with E-state index in [9.17, 15) is 8.42 Å². The van der Waals surface area contributed by atoms with Crippen LogP contribution >= 0.6 is 24.0 Å². The molecule has 0 amide bonds. The summed E-state index contributed by atoms with van der Waals surface area (Å²) in [6, 6.07) is 16.5. The van der Waals surface area contributed by atoms with Crippen molar-refractivity contribution in [2.24, 2.45) is 4.99 Å². The molecule has 0 fully saturated rings. The standard InChI is InChI=1S/C23H31N5O2S.HI/c1-4-19(17-31(29,30)20-11-6-5-7-12-20)27-23(24-3)25-15-10-16-28-18(2)26-21-13-8-9-14-22(21)28;/h5-9,11-14,19H,4,10,15-17H2,1-3H3,(H2,24,25,27);1H. The van der Waals surface area contributed by atoms with Crippen LogP contribution in [0.3, 0.4) is 0 Å². The lowest BCUT2D eigenvalue weighted by Crippen LogP contribution is -2.46. The molecule has 1 unspecified atom stereocenters. The summed E-state index contributed by atoms with van der Waals surface area (Å²) in [4.78, 5) is 9.21. The molecule has 0 saturated heterocycles. The van der Waals surface area contributed by atoms with E-state index in [0.717, 1.165) is 29.8 Å². The summed E-state index contributed by atoms with van der Waals surface area (Å²) in [5, 5.41) is 6.55. The smallest absolute Gasteiger partial charge is 0.191 e. The van der Waals surface area contributed by atoms with Crippen molar-refractivity contribution < 1.29 is 8.42 Å². The molecule has 2 aromatic carbocycles. The van der Waals surface area contributed by atoms with Crippen LogP contribution in [-0.2, 0) is 16.4 Å². The highest BCUT2D eigenvalue weighted by Crippen LogP contribution is 2.15. The molecule has 0 aliphatic heterocycles.